The number of rotatable bonds is 7. The van der Waals surface area contributed by atoms with Gasteiger partial charge in [0.05, 0.1) is 26.2 Å². The van der Waals surface area contributed by atoms with Gasteiger partial charge >= 0.3 is 0 Å². The summed E-state index contributed by atoms with van der Waals surface area (Å²) in [5.74, 6) is -0.789. The number of benzene rings is 1. The molecular weight excluding hydrogens is 263 g/mol. The highest BCUT2D eigenvalue weighted by molar-refractivity contribution is 5.94. The Morgan fingerprint density at radius 3 is 2.75 bits per heavy atom. The monoisotopic (exact) mass is 280 g/mol. The summed E-state index contributed by atoms with van der Waals surface area (Å²) in [7, 11) is 2.87. The van der Waals surface area contributed by atoms with Gasteiger partial charge in [-0.05, 0) is 18.2 Å². The molecule has 0 radical (unpaired) electrons. The fourth-order valence-corrected chi connectivity index (χ4v) is 1.68. The second kappa shape index (κ2) is 8.12. The molecule has 20 heavy (non-hydrogen) atoms. The molecule has 0 aliphatic carbocycles. The Bertz CT molecular complexity index is 500. The average Bonchev–Trinajstić information content (AvgIpc) is 2.47. The molecule has 0 heterocycles. The summed E-state index contributed by atoms with van der Waals surface area (Å²) in [6, 6.07) is 5.92. The van der Waals surface area contributed by atoms with E-state index in [0.29, 0.717) is 25.3 Å². The lowest BCUT2D eigenvalue weighted by molar-refractivity contribution is 0.0699. The Morgan fingerprint density at radius 1 is 1.40 bits per heavy atom. The summed E-state index contributed by atoms with van der Waals surface area (Å²) in [4.78, 5) is 13.8. The van der Waals surface area contributed by atoms with Gasteiger partial charge in [-0.2, -0.15) is 5.26 Å². The zero-order valence-corrected chi connectivity index (χ0v) is 11.6. The van der Waals surface area contributed by atoms with Crippen molar-refractivity contribution in [2.45, 2.75) is 6.42 Å². The Morgan fingerprint density at radius 2 is 2.15 bits per heavy atom. The Labute approximate surface area is 117 Å². The number of ether oxygens (including phenoxy) is 2. The molecule has 1 amide bonds. The second-order valence-corrected chi connectivity index (χ2v) is 4.04. The van der Waals surface area contributed by atoms with E-state index in [0.717, 1.165) is 0 Å². The average molecular weight is 280 g/mol. The molecule has 0 spiro atoms. The van der Waals surface area contributed by atoms with Crippen LogP contribution in [0.25, 0.3) is 0 Å². The molecule has 108 valence electrons. The van der Waals surface area contributed by atoms with E-state index in [1.54, 1.807) is 0 Å². The van der Waals surface area contributed by atoms with E-state index >= 15 is 0 Å². The predicted molar refractivity (Wildman–Crippen MR) is 71.0 cm³/mol. The van der Waals surface area contributed by atoms with Gasteiger partial charge in [0.25, 0.3) is 5.91 Å². The number of carbonyl (C=O) groups is 1. The third kappa shape index (κ3) is 4.21. The van der Waals surface area contributed by atoms with Gasteiger partial charge in [-0.3, -0.25) is 4.79 Å². The van der Waals surface area contributed by atoms with Crippen LogP contribution >= 0.6 is 0 Å². The zero-order valence-electron chi connectivity index (χ0n) is 11.6. The molecule has 0 atom stereocenters. The highest BCUT2D eigenvalue weighted by Gasteiger charge is 2.17. The van der Waals surface area contributed by atoms with Crippen LogP contribution in [0, 0.1) is 17.1 Å². The predicted octanol–water partition coefficient (Wildman–Crippen LogP) is 1.84. The number of nitriles is 1. The largest absolute Gasteiger partial charge is 0.494 e. The van der Waals surface area contributed by atoms with Gasteiger partial charge in [-0.25, -0.2) is 4.39 Å². The van der Waals surface area contributed by atoms with Crippen LogP contribution in [0.5, 0.6) is 5.75 Å². The molecule has 1 rings (SSSR count). The fourth-order valence-electron chi connectivity index (χ4n) is 1.68. The van der Waals surface area contributed by atoms with Crippen LogP contribution in [0.4, 0.5) is 4.39 Å². The highest BCUT2D eigenvalue weighted by atomic mass is 19.1. The van der Waals surface area contributed by atoms with Crippen LogP contribution in [0.15, 0.2) is 18.2 Å². The maximum Gasteiger partial charge on any atom is 0.254 e. The molecule has 0 aliphatic rings. The topological polar surface area (TPSA) is 62.6 Å². The first-order valence-electron chi connectivity index (χ1n) is 6.12. The van der Waals surface area contributed by atoms with Crippen molar-refractivity contribution in [1.29, 1.82) is 5.26 Å². The Hall–Kier alpha value is -2.13. The van der Waals surface area contributed by atoms with E-state index in [2.05, 4.69) is 0 Å². The van der Waals surface area contributed by atoms with Gasteiger partial charge in [-0.15, -0.1) is 0 Å². The molecule has 0 unspecified atom stereocenters. The van der Waals surface area contributed by atoms with E-state index in [1.807, 2.05) is 6.07 Å². The smallest absolute Gasteiger partial charge is 0.254 e. The van der Waals surface area contributed by atoms with Crippen molar-refractivity contribution in [3.8, 4) is 11.8 Å². The maximum absolute atomic E-state index is 13.3. The van der Waals surface area contributed by atoms with Crippen LogP contribution in [-0.4, -0.2) is 44.7 Å². The minimum atomic E-state index is -0.524. The van der Waals surface area contributed by atoms with Crippen LogP contribution < -0.4 is 4.74 Å². The molecule has 1 aromatic carbocycles. The molecule has 0 aromatic heterocycles. The number of hydrogen-bond acceptors (Lipinski definition) is 4. The molecule has 6 heteroatoms. The van der Waals surface area contributed by atoms with Gasteiger partial charge in [0.15, 0.2) is 11.6 Å². The summed E-state index contributed by atoms with van der Waals surface area (Å²) in [5, 5.41) is 8.62. The fraction of sp³-hybridized carbons (Fsp3) is 0.429. The van der Waals surface area contributed by atoms with Gasteiger partial charge in [-0.1, -0.05) is 0 Å². The van der Waals surface area contributed by atoms with Crippen molar-refractivity contribution < 1.29 is 18.7 Å². The number of methoxy groups -OCH3 is 2. The molecule has 1 aromatic rings. The van der Waals surface area contributed by atoms with Crippen molar-refractivity contribution in [2.75, 3.05) is 33.9 Å². The summed E-state index contributed by atoms with van der Waals surface area (Å²) in [6.45, 7) is 1.05. The molecule has 0 saturated carbocycles. The molecule has 0 fully saturated rings. The zero-order chi connectivity index (χ0) is 15.0. The SMILES string of the molecule is COCCN(CCC#N)C(=O)c1ccc(F)c(OC)c1. The number of nitrogens with zero attached hydrogens (tertiary/aromatic N) is 2. The third-order valence-corrected chi connectivity index (χ3v) is 2.74. The Balaban J connectivity index is 2.90. The summed E-state index contributed by atoms with van der Waals surface area (Å²) in [5.41, 5.74) is 0.317. The van der Waals surface area contributed by atoms with Crippen LogP contribution in [0.1, 0.15) is 16.8 Å². The minimum absolute atomic E-state index is 0.0165. The van der Waals surface area contributed by atoms with Gasteiger partial charge in [0, 0.05) is 25.8 Å². The van der Waals surface area contributed by atoms with Crippen LogP contribution in [-0.2, 0) is 4.74 Å². The maximum atomic E-state index is 13.3. The normalized spacial score (nSPS) is 9.90. The number of carbonyl (C=O) groups excluding carboxylic acids is 1. The van der Waals surface area contributed by atoms with E-state index in [4.69, 9.17) is 14.7 Å². The van der Waals surface area contributed by atoms with E-state index in [1.165, 1.54) is 37.3 Å². The molecule has 0 bridgehead atoms. The first kappa shape index (κ1) is 15.9. The standard InChI is InChI=1S/C14H17FN2O3/c1-19-9-8-17(7-3-6-16)14(18)11-4-5-12(15)13(10-11)20-2/h4-5,10H,3,7-9H2,1-2H3. The first-order chi connectivity index (χ1) is 9.63. The van der Waals surface area contributed by atoms with Crippen molar-refractivity contribution >= 4 is 5.91 Å². The van der Waals surface area contributed by atoms with Crippen LogP contribution in [0.2, 0.25) is 0 Å². The lowest BCUT2D eigenvalue weighted by Crippen LogP contribution is -2.34. The highest BCUT2D eigenvalue weighted by Crippen LogP contribution is 2.19. The van der Waals surface area contributed by atoms with E-state index < -0.39 is 5.82 Å². The Kier molecular flexibility index (Phi) is 6.47. The first-order valence-corrected chi connectivity index (χ1v) is 6.12. The molecule has 5 nitrogen and oxygen atoms in total. The number of amides is 1. The second-order valence-electron chi connectivity index (χ2n) is 4.04. The summed E-state index contributed by atoms with van der Waals surface area (Å²) in [6.07, 6.45) is 0.230. The lowest BCUT2D eigenvalue weighted by Gasteiger charge is -2.21. The van der Waals surface area contributed by atoms with E-state index in [9.17, 15) is 9.18 Å². The summed E-state index contributed by atoms with van der Waals surface area (Å²) >= 11 is 0. The molecular formula is C14H17FN2O3. The lowest BCUT2D eigenvalue weighted by atomic mass is 10.1. The molecule has 0 saturated heterocycles. The number of halogens is 1. The molecule has 0 aliphatic heterocycles. The van der Waals surface area contributed by atoms with Gasteiger partial charge in [0.1, 0.15) is 0 Å². The van der Waals surface area contributed by atoms with Crippen molar-refractivity contribution in [1.82, 2.24) is 4.90 Å². The van der Waals surface area contributed by atoms with Gasteiger partial charge in [0.2, 0.25) is 0 Å². The minimum Gasteiger partial charge on any atom is -0.494 e. The van der Waals surface area contributed by atoms with Crippen molar-refractivity contribution in [2.24, 2.45) is 0 Å². The third-order valence-electron chi connectivity index (χ3n) is 2.74. The molecule has 0 N–H and O–H groups in total. The summed E-state index contributed by atoms with van der Waals surface area (Å²) < 4.78 is 23.1. The van der Waals surface area contributed by atoms with Crippen LogP contribution in [0.3, 0.4) is 0 Å². The quantitative estimate of drug-likeness (QED) is 0.764. The van der Waals surface area contributed by atoms with E-state index in [-0.39, 0.29) is 18.1 Å². The van der Waals surface area contributed by atoms with Crippen molar-refractivity contribution in [3.63, 3.8) is 0 Å². The van der Waals surface area contributed by atoms with Crippen molar-refractivity contribution in [3.05, 3.63) is 29.6 Å². The number of hydrogen-bond donors (Lipinski definition) is 0. The van der Waals surface area contributed by atoms with Gasteiger partial charge < -0.3 is 14.4 Å².